The molecule has 0 aliphatic carbocycles. The smallest absolute Gasteiger partial charge is 0.255 e. The second kappa shape index (κ2) is 9.48. The van der Waals surface area contributed by atoms with E-state index in [0.29, 0.717) is 22.1 Å². The Kier molecular flexibility index (Phi) is 7.59. The minimum atomic E-state index is -1.59. The van der Waals surface area contributed by atoms with Gasteiger partial charge in [0.2, 0.25) is 0 Å². The Morgan fingerprint density at radius 1 is 1.19 bits per heavy atom. The number of aliphatic hydroxyl groups is 1. The van der Waals surface area contributed by atoms with Gasteiger partial charge in [-0.1, -0.05) is 25.4 Å². The van der Waals surface area contributed by atoms with Crippen LogP contribution in [0.5, 0.6) is 0 Å². The first-order valence-corrected chi connectivity index (χ1v) is 9.50. The topological polar surface area (TPSA) is 49.3 Å². The first-order valence-electron chi connectivity index (χ1n) is 8.24. The van der Waals surface area contributed by atoms with Crippen LogP contribution in [0.25, 0.3) is 0 Å². The molecule has 146 valence electrons. The van der Waals surface area contributed by atoms with Crippen molar-refractivity contribution in [3.8, 4) is 0 Å². The Balaban J connectivity index is 2.15. The highest BCUT2D eigenvalue weighted by molar-refractivity contribution is 8.00. The first kappa shape index (κ1) is 21.6. The third-order valence-electron chi connectivity index (χ3n) is 3.81. The number of rotatable bonds is 7. The molecular formula is C19H19ClF3NO2S. The molecule has 2 unspecified atom stereocenters. The van der Waals surface area contributed by atoms with Crippen molar-refractivity contribution < 1.29 is 23.1 Å². The third-order valence-corrected chi connectivity index (χ3v) is 5.44. The van der Waals surface area contributed by atoms with Gasteiger partial charge in [0, 0.05) is 40.1 Å². The summed E-state index contributed by atoms with van der Waals surface area (Å²) in [6, 6.07) is 6.05. The lowest BCUT2D eigenvalue weighted by atomic mass is 10.1. The predicted molar refractivity (Wildman–Crippen MR) is 102 cm³/mol. The molecule has 3 nitrogen and oxygen atoms in total. The molecule has 0 spiro atoms. The standard InChI is InChI=1S/C19H19ClF3NO2S/c1-10(9-25)5-11(2)27-17-6-12(3-4-14(17)20)19(26)24-13-7-15(21)18(23)16(22)8-13/h3-4,6-8,10-11,25H,5,9H2,1-2H3,(H,24,26). The fourth-order valence-electron chi connectivity index (χ4n) is 2.47. The molecule has 0 bridgehead atoms. The van der Waals surface area contributed by atoms with Gasteiger partial charge in [-0.25, -0.2) is 13.2 Å². The monoisotopic (exact) mass is 417 g/mol. The Bertz CT molecular complexity index is 812. The molecule has 2 rings (SSSR count). The number of amides is 1. The van der Waals surface area contributed by atoms with Crippen LogP contribution < -0.4 is 5.32 Å². The molecule has 0 aliphatic heterocycles. The summed E-state index contributed by atoms with van der Waals surface area (Å²) >= 11 is 7.66. The second-order valence-electron chi connectivity index (χ2n) is 6.31. The highest BCUT2D eigenvalue weighted by Crippen LogP contribution is 2.33. The average Bonchev–Trinajstić information content (AvgIpc) is 2.61. The molecule has 1 amide bonds. The van der Waals surface area contributed by atoms with Gasteiger partial charge in [-0.3, -0.25) is 4.79 Å². The molecule has 0 radical (unpaired) electrons. The molecule has 0 saturated heterocycles. The highest BCUT2D eigenvalue weighted by atomic mass is 35.5. The van der Waals surface area contributed by atoms with E-state index in [2.05, 4.69) is 5.32 Å². The van der Waals surface area contributed by atoms with Crippen LogP contribution in [-0.2, 0) is 0 Å². The minimum absolute atomic E-state index is 0.0892. The SMILES string of the molecule is CC(CO)CC(C)Sc1cc(C(=O)Nc2cc(F)c(F)c(F)c2)ccc1Cl. The van der Waals surface area contributed by atoms with Gasteiger partial charge in [0.25, 0.3) is 5.91 Å². The summed E-state index contributed by atoms with van der Waals surface area (Å²) in [5.41, 5.74) is 0.0557. The average molecular weight is 418 g/mol. The van der Waals surface area contributed by atoms with Crippen molar-refractivity contribution in [3.05, 3.63) is 58.4 Å². The van der Waals surface area contributed by atoms with Crippen molar-refractivity contribution in [1.29, 1.82) is 0 Å². The van der Waals surface area contributed by atoms with E-state index in [0.717, 1.165) is 6.42 Å². The molecule has 0 saturated carbocycles. The zero-order valence-electron chi connectivity index (χ0n) is 14.7. The van der Waals surface area contributed by atoms with Gasteiger partial charge in [0.05, 0.1) is 5.02 Å². The van der Waals surface area contributed by atoms with E-state index in [1.54, 1.807) is 12.1 Å². The van der Waals surface area contributed by atoms with Crippen molar-refractivity contribution in [3.63, 3.8) is 0 Å². The summed E-state index contributed by atoms with van der Waals surface area (Å²) < 4.78 is 39.6. The maximum atomic E-state index is 13.3. The fourth-order valence-corrected chi connectivity index (χ4v) is 3.96. The molecule has 2 aromatic carbocycles. The summed E-state index contributed by atoms with van der Waals surface area (Å²) in [6.07, 6.45) is 0.766. The quantitative estimate of drug-likeness (QED) is 0.461. The molecule has 2 aromatic rings. The fraction of sp³-hybridized carbons (Fsp3) is 0.316. The van der Waals surface area contributed by atoms with E-state index >= 15 is 0 Å². The van der Waals surface area contributed by atoms with Crippen LogP contribution in [0.15, 0.2) is 35.2 Å². The van der Waals surface area contributed by atoms with Crippen LogP contribution in [-0.4, -0.2) is 22.9 Å². The molecule has 0 aliphatic rings. The van der Waals surface area contributed by atoms with E-state index in [4.69, 9.17) is 16.7 Å². The van der Waals surface area contributed by atoms with Crippen molar-refractivity contribution in [1.82, 2.24) is 0 Å². The lowest BCUT2D eigenvalue weighted by Gasteiger charge is -2.16. The predicted octanol–water partition coefficient (Wildman–Crippen LogP) is 5.51. The van der Waals surface area contributed by atoms with Crippen LogP contribution >= 0.6 is 23.4 Å². The molecule has 27 heavy (non-hydrogen) atoms. The number of nitrogens with one attached hydrogen (secondary N) is 1. The van der Waals surface area contributed by atoms with E-state index in [-0.39, 0.29) is 29.0 Å². The first-order chi connectivity index (χ1) is 12.7. The van der Waals surface area contributed by atoms with Gasteiger partial charge in [-0.15, -0.1) is 11.8 Å². The number of carbonyl (C=O) groups is 1. The number of halogens is 4. The Labute approximate surface area is 164 Å². The molecule has 8 heteroatoms. The van der Waals surface area contributed by atoms with Gasteiger partial charge in [-0.2, -0.15) is 0 Å². The summed E-state index contributed by atoms with van der Waals surface area (Å²) in [4.78, 5) is 13.0. The number of thioether (sulfide) groups is 1. The van der Waals surface area contributed by atoms with Crippen LogP contribution in [0.2, 0.25) is 5.02 Å². The number of aliphatic hydroxyl groups excluding tert-OH is 1. The lowest BCUT2D eigenvalue weighted by molar-refractivity contribution is 0.102. The zero-order chi connectivity index (χ0) is 20.1. The zero-order valence-corrected chi connectivity index (χ0v) is 16.3. The van der Waals surface area contributed by atoms with Gasteiger partial charge in [0.1, 0.15) is 0 Å². The summed E-state index contributed by atoms with van der Waals surface area (Å²) in [5, 5.41) is 12.1. The normalized spacial score (nSPS) is 13.3. The van der Waals surface area contributed by atoms with Gasteiger partial charge in [0.15, 0.2) is 17.5 Å². The Morgan fingerprint density at radius 2 is 1.81 bits per heavy atom. The van der Waals surface area contributed by atoms with Gasteiger partial charge < -0.3 is 10.4 Å². The molecule has 0 heterocycles. The highest BCUT2D eigenvalue weighted by Gasteiger charge is 2.16. The molecule has 2 N–H and O–H groups in total. The van der Waals surface area contributed by atoms with Crippen LogP contribution in [0.4, 0.5) is 18.9 Å². The third kappa shape index (κ3) is 5.89. The molecule has 0 fully saturated rings. The van der Waals surface area contributed by atoms with Crippen molar-refractivity contribution >= 4 is 35.0 Å². The Hall–Kier alpha value is -1.70. The number of carbonyl (C=O) groups excluding carboxylic acids is 1. The summed E-state index contributed by atoms with van der Waals surface area (Å²) in [5.74, 6) is -4.82. The van der Waals surface area contributed by atoms with E-state index in [1.807, 2.05) is 13.8 Å². The lowest BCUT2D eigenvalue weighted by Crippen LogP contribution is -2.13. The maximum Gasteiger partial charge on any atom is 0.255 e. The summed E-state index contributed by atoms with van der Waals surface area (Å²) in [6.45, 7) is 4.01. The number of benzene rings is 2. The second-order valence-corrected chi connectivity index (χ2v) is 8.19. The van der Waals surface area contributed by atoms with E-state index < -0.39 is 23.4 Å². The van der Waals surface area contributed by atoms with Crippen LogP contribution in [0.1, 0.15) is 30.6 Å². The molecule has 0 aromatic heterocycles. The van der Waals surface area contributed by atoms with E-state index in [1.165, 1.54) is 17.8 Å². The van der Waals surface area contributed by atoms with Gasteiger partial charge >= 0.3 is 0 Å². The number of anilines is 1. The van der Waals surface area contributed by atoms with Crippen LogP contribution in [0.3, 0.4) is 0 Å². The van der Waals surface area contributed by atoms with Crippen molar-refractivity contribution in [2.45, 2.75) is 30.4 Å². The van der Waals surface area contributed by atoms with Crippen molar-refractivity contribution in [2.24, 2.45) is 5.92 Å². The van der Waals surface area contributed by atoms with Crippen LogP contribution in [0, 0.1) is 23.4 Å². The number of hydrogen-bond acceptors (Lipinski definition) is 3. The van der Waals surface area contributed by atoms with Gasteiger partial charge in [-0.05, 0) is 30.5 Å². The van der Waals surface area contributed by atoms with Crippen molar-refractivity contribution in [2.75, 3.05) is 11.9 Å². The Morgan fingerprint density at radius 3 is 2.41 bits per heavy atom. The largest absolute Gasteiger partial charge is 0.396 e. The minimum Gasteiger partial charge on any atom is -0.396 e. The number of hydrogen-bond donors (Lipinski definition) is 2. The molecular weight excluding hydrogens is 399 g/mol. The van der Waals surface area contributed by atoms with E-state index in [9.17, 15) is 18.0 Å². The maximum absolute atomic E-state index is 13.3. The molecule has 2 atom stereocenters. The summed E-state index contributed by atoms with van der Waals surface area (Å²) in [7, 11) is 0.